The first-order chi connectivity index (χ1) is 14.0. The number of hydrogen-bond donors (Lipinski definition) is 0. The van der Waals surface area contributed by atoms with Crippen molar-refractivity contribution in [3.63, 3.8) is 0 Å². The summed E-state index contributed by atoms with van der Waals surface area (Å²) in [6, 6.07) is 17.8. The van der Waals surface area contributed by atoms with Crippen molar-refractivity contribution in [2.75, 3.05) is 4.90 Å². The number of aryl methyl sites for hydroxylation is 2. The zero-order chi connectivity index (χ0) is 20.4. The van der Waals surface area contributed by atoms with Gasteiger partial charge in [0.15, 0.2) is 0 Å². The Morgan fingerprint density at radius 1 is 0.966 bits per heavy atom. The minimum absolute atomic E-state index is 0.00788. The molecule has 0 atom stereocenters. The lowest BCUT2D eigenvalue weighted by molar-refractivity contribution is -0.384. The van der Waals surface area contributed by atoms with Gasteiger partial charge in [-0.3, -0.25) is 15.0 Å². The van der Waals surface area contributed by atoms with Crippen LogP contribution in [0.4, 0.5) is 23.0 Å². The largest absolute Gasteiger partial charge is 0.279 e. The second-order valence-electron chi connectivity index (χ2n) is 6.34. The van der Waals surface area contributed by atoms with Gasteiger partial charge in [0.2, 0.25) is 5.95 Å². The molecular weight excluding hydrogens is 386 g/mol. The molecule has 2 aromatic heterocycles. The summed E-state index contributed by atoms with van der Waals surface area (Å²) in [5, 5.41) is 12.2. The molecule has 0 fully saturated rings. The number of non-ortho nitro benzene ring substituents is 1. The summed E-state index contributed by atoms with van der Waals surface area (Å²) in [6.07, 6.45) is 1.69. The molecule has 0 saturated carbocycles. The smallest absolute Gasteiger partial charge is 0.271 e. The number of nitrogens with zero attached hydrogens (tertiary/aromatic N) is 5. The van der Waals surface area contributed by atoms with Crippen molar-refractivity contribution in [2.45, 2.75) is 13.8 Å². The van der Waals surface area contributed by atoms with E-state index in [4.69, 9.17) is 4.98 Å². The molecule has 0 spiro atoms. The van der Waals surface area contributed by atoms with Crippen LogP contribution in [0.5, 0.6) is 0 Å². The van der Waals surface area contributed by atoms with Gasteiger partial charge in [-0.2, -0.15) is 0 Å². The van der Waals surface area contributed by atoms with Gasteiger partial charge in [0.25, 0.3) is 5.69 Å². The average Bonchev–Trinajstić information content (AvgIpc) is 3.07. The second kappa shape index (κ2) is 7.76. The molecule has 4 rings (SSSR count). The van der Waals surface area contributed by atoms with E-state index in [1.165, 1.54) is 12.1 Å². The van der Waals surface area contributed by atoms with Crippen LogP contribution in [0.25, 0.3) is 10.6 Å². The topological polar surface area (TPSA) is 85.0 Å². The first kappa shape index (κ1) is 18.7. The summed E-state index contributed by atoms with van der Waals surface area (Å²) in [7, 11) is 0. The molecule has 2 aromatic carbocycles. The van der Waals surface area contributed by atoms with E-state index < -0.39 is 4.92 Å². The van der Waals surface area contributed by atoms with E-state index in [9.17, 15) is 10.1 Å². The Morgan fingerprint density at radius 3 is 2.41 bits per heavy atom. The Balaban J connectivity index is 1.87. The predicted molar refractivity (Wildman–Crippen MR) is 114 cm³/mol. The maximum Gasteiger partial charge on any atom is 0.271 e. The standard InChI is InChI=1S/C21H17N5O2S/c1-14-20(29-15(2)23-14)19-11-12-22-21(24-19)25(16-7-4-3-5-8-16)17-9-6-10-18(13-17)26(27)28/h3-13H,1-2H3. The van der Waals surface area contributed by atoms with Gasteiger partial charge < -0.3 is 0 Å². The molecule has 0 radical (unpaired) electrons. The van der Waals surface area contributed by atoms with E-state index in [-0.39, 0.29) is 5.69 Å². The molecule has 7 nitrogen and oxygen atoms in total. The first-order valence-electron chi connectivity index (χ1n) is 8.90. The van der Waals surface area contributed by atoms with Gasteiger partial charge in [0.05, 0.1) is 31.9 Å². The zero-order valence-corrected chi connectivity index (χ0v) is 16.6. The highest BCUT2D eigenvalue weighted by atomic mass is 32.1. The maximum absolute atomic E-state index is 11.3. The molecule has 0 amide bonds. The summed E-state index contributed by atoms with van der Waals surface area (Å²) in [4.78, 5) is 27.4. The van der Waals surface area contributed by atoms with Crippen molar-refractivity contribution in [3.05, 3.63) is 87.7 Å². The molecule has 0 aliphatic carbocycles. The Bertz CT molecular complexity index is 1180. The number of nitro groups is 1. The van der Waals surface area contributed by atoms with Gasteiger partial charge in [-0.25, -0.2) is 15.0 Å². The van der Waals surface area contributed by atoms with Crippen LogP contribution in [-0.4, -0.2) is 19.9 Å². The van der Waals surface area contributed by atoms with Crippen LogP contribution >= 0.6 is 11.3 Å². The molecule has 2 heterocycles. The third kappa shape index (κ3) is 3.83. The lowest BCUT2D eigenvalue weighted by Gasteiger charge is -2.23. The van der Waals surface area contributed by atoms with Crippen LogP contribution in [0.1, 0.15) is 10.7 Å². The fourth-order valence-electron chi connectivity index (χ4n) is 3.05. The van der Waals surface area contributed by atoms with Gasteiger partial charge in [-0.1, -0.05) is 24.3 Å². The quantitative estimate of drug-likeness (QED) is 0.319. The molecule has 29 heavy (non-hydrogen) atoms. The molecule has 8 heteroatoms. The number of nitro benzene ring substituents is 1. The number of rotatable bonds is 5. The van der Waals surface area contributed by atoms with Crippen molar-refractivity contribution < 1.29 is 4.92 Å². The van der Waals surface area contributed by atoms with E-state index in [0.29, 0.717) is 11.6 Å². The monoisotopic (exact) mass is 403 g/mol. The summed E-state index contributed by atoms with van der Waals surface area (Å²) >= 11 is 1.58. The van der Waals surface area contributed by atoms with Gasteiger partial charge in [-0.15, -0.1) is 11.3 Å². The van der Waals surface area contributed by atoms with Crippen molar-refractivity contribution >= 4 is 34.3 Å². The Kier molecular flexibility index (Phi) is 5.01. The van der Waals surface area contributed by atoms with E-state index in [1.807, 2.05) is 50.2 Å². The molecule has 0 aliphatic heterocycles. The molecule has 0 unspecified atom stereocenters. The summed E-state index contributed by atoms with van der Waals surface area (Å²) in [5.74, 6) is 0.430. The van der Waals surface area contributed by atoms with E-state index in [1.54, 1.807) is 34.6 Å². The maximum atomic E-state index is 11.3. The van der Waals surface area contributed by atoms with Crippen LogP contribution < -0.4 is 4.90 Å². The van der Waals surface area contributed by atoms with Crippen molar-refractivity contribution in [3.8, 4) is 10.6 Å². The molecule has 4 aromatic rings. The van der Waals surface area contributed by atoms with Crippen LogP contribution in [-0.2, 0) is 0 Å². The Hall–Kier alpha value is -3.65. The number of aromatic nitrogens is 3. The van der Waals surface area contributed by atoms with Crippen LogP contribution in [0.3, 0.4) is 0 Å². The van der Waals surface area contributed by atoms with E-state index >= 15 is 0 Å². The SMILES string of the molecule is Cc1nc(C)c(-c2ccnc(N(c3ccccc3)c3cccc([N+](=O)[O-])c3)n2)s1. The zero-order valence-electron chi connectivity index (χ0n) is 15.8. The number of benzene rings is 2. The number of anilines is 3. The van der Waals surface area contributed by atoms with Crippen LogP contribution in [0.2, 0.25) is 0 Å². The number of thiazole rings is 1. The Morgan fingerprint density at radius 2 is 1.72 bits per heavy atom. The van der Waals surface area contributed by atoms with Crippen molar-refractivity contribution in [1.29, 1.82) is 0 Å². The van der Waals surface area contributed by atoms with E-state index in [0.717, 1.165) is 27.0 Å². The molecule has 0 N–H and O–H groups in total. The minimum Gasteiger partial charge on any atom is -0.279 e. The van der Waals surface area contributed by atoms with Crippen molar-refractivity contribution in [1.82, 2.24) is 15.0 Å². The first-order valence-corrected chi connectivity index (χ1v) is 9.71. The highest BCUT2D eigenvalue weighted by Gasteiger charge is 2.19. The third-order valence-electron chi connectivity index (χ3n) is 4.29. The van der Waals surface area contributed by atoms with Crippen molar-refractivity contribution in [2.24, 2.45) is 0 Å². The number of para-hydroxylation sites is 1. The fraction of sp³-hybridized carbons (Fsp3) is 0.0952. The Labute approximate surface area is 171 Å². The average molecular weight is 403 g/mol. The summed E-state index contributed by atoms with van der Waals surface area (Å²) < 4.78 is 0. The van der Waals surface area contributed by atoms with Crippen LogP contribution in [0, 0.1) is 24.0 Å². The lowest BCUT2D eigenvalue weighted by Crippen LogP contribution is -2.13. The predicted octanol–water partition coefficient (Wildman–Crippen LogP) is 5.59. The molecular formula is C21H17N5O2S. The number of hydrogen-bond acceptors (Lipinski definition) is 7. The van der Waals surface area contributed by atoms with Gasteiger partial charge in [0, 0.05) is 24.0 Å². The molecule has 144 valence electrons. The summed E-state index contributed by atoms with van der Waals surface area (Å²) in [5.41, 5.74) is 3.11. The summed E-state index contributed by atoms with van der Waals surface area (Å²) in [6.45, 7) is 3.92. The molecule has 0 bridgehead atoms. The highest BCUT2D eigenvalue weighted by molar-refractivity contribution is 7.15. The van der Waals surface area contributed by atoms with Gasteiger partial charge in [0.1, 0.15) is 0 Å². The van der Waals surface area contributed by atoms with Gasteiger partial charge >= 0.3 is 0 Å². The van der Waals surface area contributed by atoms with E-state index in [2.05, 4.69) is 9.97 Å². The minimum atomic E-state index is -0.409. The lowest BCUT2D eigenvalue weighted by atomic mass is 10.2. The molecule has 0 aliphatic rings. The third-order valence-corrected chi connectivity index (χ3v) is 5.39. The highest BCUT2D eigenvalue weighted by Crippen LogP contribution is 2.35. The van der Waals surface area contributed by atoms with Crippen LogP contribution in [0.15, 0.2) is 66.9 Å². The van der Waals surface area contributed by atoms with Gasteiger partial charge in [-0.05, 0) is 38.1 Å². The molecule has 0 saturated heterocycles. The fourth-order valence-corrected chi connectivity index (χ4v) is 3.94. The second-order valence-corrected chi connectivity index (χ2v) is 7.54. The normalized spacial score (nSPS) is 10.7.